The average Bonchev–Trinajstić information content (AvgIpc) is 3.32. The SMILES string of the molecule is C[C@@H]1CN(c2ccccn2)C[C@H]1C(=O)N1CCC(n2cncn2)CC1. The fourth-order valence-corrected chi connectivity index (χ4v) is 4.01. The summed E-state index contributed by atoms with van der Waals surface area (Å²) < 4.78 is 1.92. The molecule has 2 atom stereocenters. The van der Waals surface area contributed by atoms with Crippen molar-refractivity contribution in [1.29, 1.82) is 0 Å². The van der Waals surface area contributed by atoms with Gasteiger partial charge in [0.15, 0.2) is 0 Å². The van der Waals surface area contributed by atoms with E-state index in [1.54, 1.807) is 12.7 Å². The molecular formula is C18H24N6O. The number of carbonyl (C=O) groups excluding carboxylic acids is 1. The molecule has 2 fully saturated rings. The van der Waals surface area contributed by atoms with Gasteiger partial charge in [0.05, 0.1) is 12.0 Å². The minimum atomic E-state index is 0.0601. The molecule has 25 heavy (non-hydrogen) atoms. The maximum absolute atomic E-state index is 13.0. The van der Waals surface area contributed by atoms with Crippen molar-refractivity contribution in [2.45, 2.75) is 25.8 Å². The first-order valence-corrected chi connectivity index (χ1v) is 9.01. The number of hydrogen-bond donors (Lipinski definition) is 0. The van der Waals surface area contributed by atoms with Crippen molar-refractivity contribution in [3.8, 4) is 0 Å². The van der Waals surface area contributed by atoms with Gasteiger partial charge in [-0.3, -0.25) is 4.79 Å². The largest absolute Gasteiger partial charge is 0.356 e. The number of aromatic nitrogens is 4. The van der Waals surface area contributed by atoms with Gasteiger partial charge in [-0.1, -0.05) is 13.0 Å². The molecule has 0 spiro atoms. The first-order chi connectivity index (χ1) is 12.2. The van der Waals surface area contributed by atoms with Crippen LogP contribution in [-0.2, 0) is 4.79 Å². The van der Waals surface area contributed by atoms with Crippen molar-refractivity contribution in [3.63, 3.8) is 0 Å². The molecule has 0 unspecified atom stereocenters. The number of rotatable bonds is 3. The predicted molar refractivity (Wildman–Crippen MR) is 94.0 cm³/mol. The summed E-state index contributed by atoms with van der Waals surface area (Å²) in [6, 6.07) is 6.29. The summed E-state index contributed by atoms with van der Waals surface area (Å²) in [4.78, 5) is 25.7. The number of hydrogen-bond acceptors (Lipinski definition) is 5. The van der Waals surface area contributed by atoms with E-state index < -0.39 is 0 Å². The zero-order valence-corrected chi connectivity index (χ0v) is 14.5. The highest BCUT2D eigenvalue weighted by atomic mass is 16.2. The van der Waals surface area contributed by atoms with E-state index in [9.17, 15) is 4.79 Å². The van der Waals surface area contributed by atoms with Gasteiger partial charge in [0, 0.05) is 32.4 Å². The van der Waals surface area contributed by atoms with Crippen LogP contribution in [0.1, 0.15) is 25.8 Å². The number of likely N-dealkylation sites (tertiary alicyclic amines) is 1. The Labute approximate surface area is 147 Å². The topological polar surface area (TPSA) is 67.2 Å². The molecule has 7 heteroatoms. The van der Waals surface area contributed by atoms with Crippen LogP contribution >= 0.6 is 0 Å². The van der Waals surface area contributed by atoms with Crippen LogP contribution in [0.5, 0.6) is 0 Å². The molecule has 0 aromatic carbocycles. The average molecular weight is 340 g/mol. The summed E-state index contributed by atoms with van der Waals surface area (Å²) >= 11 is 0. The van der Waals surface area contributed by atoms with Crippen molar-refractivity contribution in [2.75, 3.05) is 31.1 Å². The monoisotopic (exact) mass is 340 g/mol. The van der Waals surface area contributed by atoms with Gasteiger partial charge in [-0.15, -0.1) is 0 Å². The maximum atomic E-state index is 13.0. The number of amides is 1. The number of anilines is 1. The van der Waals surface area contributed by atoms with E-state index in [1.165, 1.54) is 0 Å². The number of piperidine rings is 1. The van der Waals surface area contributed by atoms with Gasteiger partial charge < -0.3 is 9.80 Å². The van der Waals surface area contributed by atoms with E-state index in [0.717, 1.165) is 44.8 Å². The van der Waals surface area contributed by atoms with Gasteiger partial charge in [-0.05, 0) is 30.9 Å². The van der Waals surface area contributed by atoms with Gasteiger partial charge in [0.25, 0.3) is 0 Å². The zero-order chi connectivity index (χ0) is 17.2. The fourth-order valence-electron chi connectivity index (χ4n) is 4.01. The molecule has 2 saturated heterocycles. The lowest BCUT2D eigenvalue weighted by molar-refractivity contribution is -0.137. The van der Waals surface area contributed by atoms with Gasteiger partial charge in [0.1, 0.15) is 18.5 Å². The molecule has 0 N–H and O–H groups in total. The highest BCUT2D eigenvalue weighted by Crippen LogP contribution is 2.30. The van der Waals surface area contributed by atoms with Crippen LogP contribution in [0.4, 0.5) is 5.82 Å². The lowest BCUT2D eigenvalue weighted by Gasteiger charge is -2.34. The molecular weight excluding hydrogens is 316 g/mol. The molecule has 2 aliphatic rings. The summed E-state index contributed by atoms with van der Waals surface area (Å²) in [5.41, 5.74) is 0. The Kier molecular flexibility index (Phi) is 4.38. The maximum Gasteiger partial charge on any atom is 0.227 e. The van der Waals surface area contributed by atoms with Crippen LogP contribution in [0.25, 0.3) is 0 Å². The van der Waals surface area contributed by atoms with Crippen molar-refractivity contribution in [3.05, 3.63) is 37.1 Å². The molecule has 2 aromatic rings. The zero-order valence-electron chi connectivity index (χ0n) is 14.5. The van der Waals surface area contributed by atoms with E-state index in [0.29, 0.717) is 17.9 Å². The van der Waals surface area contributed by atoms with E-state index in [1.807, 2.05) is 34.0 Å². The van der Waals surface area contributed by atoms with Crippen LogP contribution in [-0.4, -0.2) is 56.7 Å². The standard InChI is InChI=1S/C18H24N6O/c1-14-10-23(17-4-2-3-7-20-17)11-16(14)18(25)22-8-5-15(6-9-22)24-13-19-12-21-24/h2-4,7,12-16H,5-6,8-11H2,1H3/t14-,16-/m1/s1. The first kappa shape index (κ1) is 16.1. The summed E-state index contributed by atoms with van der Waals surface area (Å²) in [5.74, 6) is 1.67. The van der Waals surface area contributed by atoms with E-state index in [2.05, 4.69) is 26.9 Å². The molecule has 0 radical (unpaired) electrons. The van der Waals surface area contributed by atoms with E-state index >= 15 is 0 Å². The van der Waals surface area contributed by atoms with Crippen LogP contribution in [0.15, 0.2) is 37.1 Å². The third kappa shape index (κ3) is 3.23. The molecule has 0 aliphatic carbocycles. The molecule has 2 aromatic heterocycles. The molecule has 7 nitrogen and oxygen atoms in total. The van der Waals surface area contributed by atoms with Crippen LogP contribution in [0, 0.1) is 11.8 Å². The Bertz CT molecular complexity index is 696. The predicted octanol–water partition coefficient (Wildman–Crippen LogP) is 1.61. The van der Waals surface area contributed by atoms with Crippen LogP contribution in [0.3, 0.4) is 0 Å². The van der Waals surface area contributed by atoms with Gasteiger partial charge >= 0.3 is 0 Å². The molecule has 0 bridgehead atoms. The molecule has 2 aliphatic heterocycles. The van der Waals surface area contributed by atoms with Crippen molar-refractivity contribution >= 4 is 11.7 Å². The minimum absolute atomic E-state index is 0.0601. The van der Waals surface area contributed by atoms with E-state index in [-0.39, 0.29) is 5.92 Å². The quantitative estimate of drug-likeness (QED) is 0.849. The molecule has 4 heterocycles. The third-order valence-corrected chi connectivity index (χ3v) is 5.49. The molecule has 0 saturated carbocycles. The number of nitrogens with zero attached hydrogens (tertiary/aromatic N) is 6. The van der Waals surface area contributed by atoms with Crippen LogP contribution in [0.2, 0.25) is 0 Å². The second kappa shape index (κ2) is 6.82. The normalized spacial score (nSPS) is 24.7. The van der Waals surface area contributed by atoms with Crippen molar-refractivity contribution < 1.29 is 4.79 Å². The Hall–Kier alpha value is -2.44. The van der Waals surface area contributed by atoms with Gasteiger partial charge in [0.2, 0.25) is 5.91 Å². The minimum Gasteiger partial charge on any atom is -0.356 e. The second-order valence-electron chi connectivity index (χ2n) is 7.11. The number of carbonyl (C=O) groups is 1. The summed E-state index contributed by atoms with van der Waals surface area (Å²) in [6.07, 6.45) is 7.04. The Morgan fingerprint density at radius 3 is 2.72 bits per heavy atom. The lowest BCUT2D eigenvalue weighted by Crippen LogP contribution is -2.44. The smallest absolute Gasteiger partial charge is 0.227 e. The Morgan fingerprint density at radius 1 is 1.20 bits per heavy atom. The first-order valence-electron chi connectivity index (χ1n) is 9.01. The summed E-state index contributed by atoms with van der Waals surface area (Å²) in [7, 11) is 0. The molecule has 1 amide bonds. The Morgan fingerprint density at radius 2 is 2.04 bits per heavy atom. The lowest BCUT2D eigenvalue weighted by atomic mass is 9.95. The highest BCUT2D eigenvalue weighted by Gasteiger charge is 2.38. The fraction of sp³-hybridized carbons (Fsp3) is 0.556. The summed E-state index contributed by atoms with van der Waals surface area (Å²) in [5, 5.41) is 4.23. The molecule has 132 valence electrons. The Balaban J connectivity index is 1.37. The van der Waals surface area contributed by atoms with Gasteiger partial charge in [-0.25, -0.2) is 14.6 Å². The second-order valence-corrected chi connectivity index (χ2v) is 7.11. The van der Waals surface area contributed by atoms with Crippen molar-refractivity contribution in [2.24, 2.45) is 11.8 Å². The highest BCUT2D eigenvalue weighted by molar-refractivity contribution is 5.80. The van der Waals surface area contributed by atoms with Crippen LogP contribution < -0.4 is 4.90 Å². The number of pyridine rings is 1. The van der Waals surface area contributed by atoms with Crippen molar-refractivity contribution in [1.82, 2.24) is 24.6 Å². The molecule has 4 rings (SSSR count). The third-order valence-electron chi connectivity index (χ3n) is 5.49. The summed E-state index contributed by atoms with van der Waals surface area (Å²) in [6.45, 7) is 5.43. The van der Waals surface area contributed by atoms with Gasteiger partial charge in [-0.2, -0.15) is 5.10 Å². The van der Waals surface area contributed by atoms with E-state index in [4.69, 9.17) is 0 Å².